The molecule has 0 aromatic heterocycles. The van der Waals surface area contributed by atoms with Crippen molar-refractivity contribution in [3.05, 3.63) is 59.4 Å². The van der Waals surface area contributed by atoms with Crippen LogP contribution in [0.4, 0.5) is 4.39 Å². The van der Waals surface area contributed by atoms with Crippen molar-refractivity contribution in [3.63, 3.8) is 0 Å². The van der Waals surface area contributed by atoms with E-state index in [4.69, 9.17) is 14.2 Å². The molecular weight excluding hydrogens is 283 g/mol. The Morgan fingerprint density at radius 2 is 1.50 bits per heavy atom. The van der Waals surface area contributed by atoms with Crippen molar-refractivity contribution in [2.75, 3.05) is 21.3 Å². The van der Waals surface area contributed by atoms with E-state index in [2.05, 4.69) is 0 Å². The largest absolute Gasteiger partial charge is 0.497 e. The van der Waals surface area contributed by atoms with Crippen LogP contribution < -0.4 is 14.2 Å². The van der Waals surface area contributed by atoms with Gasteiger partial charge in [0.05, 0.1) is 21.3 Å². The Hall–Kier alpha value is -2.49. The SMILES string of the molecule is C/C=C(\c1cc(OC)cc(OC)c1)c1ccc(OC)c(F)c1. The van der Waals surface area contributed by atoms with E-state index in [9.17, 15) is 4.39 Å². The van der Waals surface area contributed by atoms with Crippen molar-refractivity contribution < 1.29 is 18.6 Å². The molecule has 0 spiro atoms. The van der Waals surface area contributed by atoms with Gasteiger partial charge in [0.1, 0.15) is 11.5 Å². The topological polar surface area (TPSA) is 27.7 Å². The van der Waals surface area contributed by atoms with Crippen LogP contribution in [-0.2, 0) is 0 Å². The van der Waals surface area contributed by atoms with Gasteiger partial charge in [-0.2, -0.15) is 0 Å². The Labute approximate surface area is 129 Å². The predicted octanol–water partition coefficient (Wildman–Crippen LogP) is 4.30. The minimum Gasteiger partial charge on any atom is -0.497 e. The van der Waals surface area contributed by atoms with E-state index in [0.29, 0.717) is 11.5 Å². The number of halogens is 1. The molecule has 0 fully saturated rings. The maximum Gasteiger partial charge on any atom is 0.165 e. The maximum atomic E-state index is 14.0. The van der Waals surface area contributed by atoms with Gasteiger partial charge < -0.3 is 14.2 Å². The molecule has 0 amide bonds. The van der Waals surface area contributed by atoms with Gasteiger partial charge in [0, 0.05) is 6.07 Å². The third-order valence-electron chi connectivity index (χ3n) is 3.41. The van der Waals surface area contributed by atoms with Gasteiger partial charge in [-0.3, -0.25) is 0 Å². The van der Waals surface area contributed by atoms with Crippen LogP contribution in [0.2, 0.25) is 0 Å². The highest BCUT2D eigenvalue weighted by Gasteiger charge is 2.11. The molecule has 0 atom stereocenters. The van der Waals surface area contributed by atoms with E-state index in [1.54, 1.807) is 26.4 Å². The zero-order valence-electron chi connectivity index (χ0n) is 13.1. The summed E-state index contributed by atoms with van der Waals surface area (Å²) in [5, 5.41) is 0. The number of hydrogen-bond donors (Lipinski definition) is 0. The average molecular weight is 302 g/mol. The molecule has 0 radical (unpaired) electrons. The molecule has 2 aromatic carbocycles. The molecule has 0 unspecified atom stereocenters. The minimum atomic E-state index is -0.394. The number of ether oxygens (including phenoxy) is 3. The summed E-state index contributed by atoms with van der Waals surface area (Å²) < 4.78 is 29.5. The summed E-state index contributed by atoms with van der Waals surface area (Å²) >= 11 is 0. The molecule has 2 aromatic rings. The monoisotopic (exact) mass is 302 g/mol. The molecule has 0 aliphatic rings. The summed E-state index contributed by atoms with van der Waals surface area (Å²) in [7, 11) is 4.64. The van der Waals surface area contributed by atoms with Gasteiger partial charge in [0.2, 0.25) is 0 Å². The number of allylic oxidation sites excluding steroid dienone is 1. The second-order valence-electron chi connectivity index (χ2n) is 4.65. The van der Waals surface area contributed by atoms with E-state index in [-0.39, 0.29) is 5.75 Å². The van der Waals surface area contributed by atoms with Gasteiger partial charge in [-0.05, 0) is 47.9 Å². The number of benzene rings is 2. The van der Waals surface area contributed by atoms with E-state index >= 15 is 0 Å². The molecule has 0 saturated heterocycles. The van der Waals surface area contributed by atoms with Crippen LogP contribution in [-0.4, -0.2) is 21.3 Å². The molecule has 0 saturated carbocycles. The normalized spacial score (nSPS) is 11.2. The smallest absolute Gasteiger partial charge is 0.165 e. The molecule has 116 valence electrons. The van der Waals surface area contributed by atoms with Crippen LogP contribution in [0, 0.1) is 5.82 Å². The highest BCUT2D eigenvalue weighted by molar-refractivity contribution is 5.81. The molecule has 22 heavy (non-hydrogen) atoms. The lowest BCUT2D eigenvalue weighted by Crippen LogP contribution is -1.95. The molecular formula is C18H19FO3. The Morgan fingerprint density at radius 3 is 1.95 bits per heavy atom. The van der Waals surface area contributed by atoms with E-state index in [1.165, 1.54) is 13.2 Å². The maximum absolute atomic E-state index is 14.0. The molecule has 4 heteroatoms. The summed E-state index contributed by atoms with van der Waals surface area (Å²) in [5.74, 6) is 1.20. The van der Waals surface area contributed by atoms with E-state index in [1.807, 2.05) is 31.2 Å². The van der Waals surface area contributed by atoms with Crippen molar-refractivity contribution in [3.8, 4) is 17.2 Å². The lowest BCUT2D eigenvalue weighted by Gasteiger charge is -2.13. The lowest BCUT2D eigenvalue weighted by atomic mass is 9.97. The molecule has 0 bridgehead atoms. The fourth-order valence-electron chi connectivity index (χ4n) is 2.30. The first kappa shape index (κ1) is 15.9. The Morgan fingerprint density at radius 1 is 0.864 bits per heavy atom. The quantitative estimate of drug-likeness (QED) is 0.824. The third kappa shape index (κ3) is 3.22. The summed E-state index contributed by atoms with van der Waals surface area (Å²) in [5.41, 5.74) is 2.54. The highest BCUT2D eigenvalue weighted by Crippen LogP contribution is 2.32. The van der Waals surface area contributed by atoms with E-state index in [0.717, 1.165) is 16.7 Å². The van der Waals surface area contributed by atoms with Crippen LogP contribution in [0.15, 0.2) is 42.5 Å². The molecule has 0 aliphatic heterocycles. The predicted molar refractivity (Wildman–Crippen MR) is 85.3 cm³/mol. The minimum absolute atomic E-state index is 0.224. The van der Waals surface area contributed by atoms with Crippen molar-refractivity contribution in [1.29, 1.82) is 0 Å². The highest BCUT2D eigenvalue weighted by atomic mass is 19.1. The Bertz CT molecular complexity index is 670. The van der Waals surface area contributed by atoms with Crippen LogP contribution in [0.5, 0.6) is 17.2 Å². The van der Waals surface area contributed by atoms with Gasteiger partial charge in [0.25, 0.3) is 0 Å². The molecule has 0 aliphatic carbocycles. The fourth-order valence-corrected chi connectivity index (χ4v) is 2.30. The summed E-state index contributed by atoms with van der Waals surface area (Å²) in [4.78, 5) is 0. The average Bonchev–Trinajstić information content (AvgIpc) is 2.55. The Kier molecular flexibility index (Phi) is 5.04. The molecule has 0 heterocycles. The van der Waals surface area contributed by atoms with E-state index < -0.39 is 5.82 Å². The summed E-state index contributed by atoms with van der Waals surface area (Å²) in [6, 6.07) is 10.5. The van der Waals surface area contributed by atoms with Gasteiger partial charge in [-0.15, -0.1) is 0 Å². The van der Waals surface area contributed by atoms with Gasteiger partial charge in [0.15, 0.2) is 11.6 Å². The van der Waals surface area contributed by atoms with Crippen molar-refractivity contribution >= 4 is 5.57 Å². The second kappa shape index (κ2) is 6.98. The van der Waals surface area contributed by atoms with Crippen LogP contribution in [0.25, 0.3) is 5.57 Å². The zero-order valence-corrected chi connectivity index (χ0v) is 13.1. The molecule has 2 rings (SSSR count). The first-order valence-corrected chi connectivity index (χ1v) is 6.86. The first-order chi connectivity index (χ1) is 10.6. The first-order valence-electron chi connectivity index (χ1n) is 6.86. The van der Waals surface area contributed by atoms with Crippen molar-refractivity contribution in [2.24, 2.45) is 0 Å². The van der Waals surface area contributed by atoms with Gasteiger partial charge in [-0.25, -0.2) is 4.39 Å². The fraction of sp³-hybridized carbons (Fsp3) is 0.222. The second-order valence-corrected chi connectivity index (χ2v) is 4.65. The number of methoxy groups -OCH3 is 3. The summed E-state index contributed by atoms with van der Waals surface area (Å²) in [6.45, 7) is 1.91. The van der Waals surface area contributed by atoms with Crippen LogP contribution >= 0.6 is 0 Å². The molecule has 0 N–H and O–H groups in total. The van der Waals surface area contributed by atoms with Crippen LogP contribution in [0.3, 0.4) is 0 Å². The van der Waals surface area contributed by atoms with Gasteiger partial charge in [-0.1, -0.05) is 12.1 Å². The Balaban J connectivity index is 2.51. The summed E-state index contributed by atoms with van der Waals surface area (Å²) in [6.07, 6.45) is 1.93. The third-order valence-corrected chi connectivity index (χ3v) is 3.41. The lowest BCUT2D eigenvalue weighted by molar-refractivity contribution is 0.386. The standard InChI is InChI=1S/C18H19FO3/c1-5-16(12-6-7-18(22-4)17(19)10-12)13-8-14(20-2)11-15(9-13)21-3/h5-11H,1-4H3/b16-5-. The number of hydrogen-bond acceptors (Lipinski definition) is 3. The van der Waals surface area contributed by atoms with Gasteiger partial charge >= 0.3 is 0 Å². The van der Waals surface area contributed by atoms with Crippen molar-refractivity contribution in [2.45, 2.75) is 6.92 Å². The van der Waals surface area contributed by atoms with Crippen LogP contribution in [0.1, 0.15) is 18.1 Å². The number of rotatable bonds is 5. The van der Waals surface area contributed by atoms with Crippen molar-refractivity contribution in [1.82, 2.24) is 0 Å². The zero-order chi connectivity index (χ0) is 16.1. The molecule has 3 nitrogen and oxygen atoms in total.